The quantitative estimate of drug-likeness (QED) is 0.681. The second-order valence-electron chi connectivity index (χ2n) is 5.65. The van der Waals surface area contributed by atoms with Crippen molar-refractivity contribution in [1.82, 2.24) is 0 Å². The van der Waals surface area contributed by atoms with Crippen molar-refractivity contribution in [3.8, 4) is 0 Å². The van der Waals surface area contributed by atoms with Gasteiger partial charge in [-0.1, -0.05) is 50.1 Å². The number of hydrogen-bond donors (Lipinski definition) is 2. The third-order valence-corrected chi connectivity index (χ3v) is 4.89. The molecule has 3 nitrogen and oxygen atoms in total. The van der Waals surface area contributed by atoms with Gasteiger partial charge in [-0.05, 0) is 59.7 Å². The molecule has 0 heterocycles. The Morgan fingerprint density at radius 1 is 1.21 bits per heavy atom. The third-order valence-electron chi connectivity index (χ3n) is 3.90. The monoisotopic (exact) mass is 362 g/mol. The van der Waals surface area contributed by atoms with Gasteiger partial charge in [0.15, 0.2) is 0 Å². The van der Waals surface area contributed by atoms with Crippen LogP contribution in [0.5, 0.6) is 0 Å². The fraction of sp³-hybridized carbons (Fsp3) is 0.316. The van der Waals surface area contributed by atoms with Gasteiger partial charge < -0.3 is 5.32 Å². The minimum atomic E-state index is -0.0821. The molecule has 0 saturated carbocycles. The molecule has 2 rings (SSSR count). The van der Waals surface area contributed by atoms with Gasteiger partial charge in [-0.2, -0.15) is 0 Å². The van der Waals surface area contributed by atoms with Crippen LogP contribution >= 0.6 is 23.5 Å². The van der Waals surface area contributed by atoms with Gasteiger partial charge in [0.1, 0.15) is 0 Å². The van der Waals surface area contributed by atoms with E-state index in [-0.39, 0.29) is 12.3 Å². The van der Waals surface area contributed by atoms with Gasteiger partial charge in [-0.3, -0.25) is 9.93 Å². The van der Waals surface area contributed by atoms with Gasteiger partial charge in [0, 0.05) is 15.6 Å². The maximum atomic E-state index is 12.3. The average molecular weight is 363 g/mol. The number of benzene rings is 2. The van der Waals surface area contributed by atoms with Crippen LogP contribution in [0.25, 0.3) is 0 Å². The summed E-state index contributed by atoms with van der Waals surface area (Å²) in [6.45, 7) is 4.28. The van der Waals surface area contributed by atoms with Crippen LogP contribution in [-0.4, -0.2) is 5.91 Å². The Morgan fingerprint density at radius 3 is 2.58 bits per heavy atom. The van der Waals surface area contributed by atoms with Gasteiger partial charge in [0.25, 0.3) is 0 Å². The van der Waals surface area contributed by atoms with Crippen LogP contribution < -0.4 is 10.5 Å². The summed E-state index contributed by atoms with van der Waals surface area (Å²) in [5.74, 6) is -0.0821. The first-order chi connectivity index (χ1) is 11.6. The maximum absolute atomic E-state index is 12.3. The molecule has 0 radical (unpaired) electrons. The second-order valence-corrected chi connectivity index (χ2v) is 6.73. The number of halogens is 1. The zero-order valence-corrected chi connectivity index (χ0v) is 15.6. The number of nitrogens with two attached hydrogens (primary N) is 1. The van der Waals surface area contributed by atoms with E-state index < -0.39 is 0 Å². The van der Waals surface area contributed by atoms with Gasteiger partial charge in [-0.15, -0.1) is 0 Å². The summed E-state index contributed by atoms with van der Waals surface area (Å²) in [6.07, 6.45) is 3.23. The van der Waals surface area contributed by atoms with Gasteiger partial charge >= 0.3 is 0 Å². The zero-order chi connectivity index (χ0) is 17.5. The lowest BCUT2D eigenvalue weighted by Crippen LogP contribution is -2.15. The molecule has 0 aliphatic heterocycles. The molecule has 2 aromatic rings. The Balaban J connectivity index is 2.20. The first-order valence-corrected chi connectivity index (χ1v) is 9.40. The molecular weight excluding hydrogens is 340 g/mol. The van der Waals surface area contributed by atoms with Crippen LogP contribution in [-0.2, 0) is 24.1 Å². The van der Waals surface area contributed by atoms with Crippen molar-refractivity contribution < 1.29 is 4.79 Å². The van der Waals surface area contributed by atoms with E-state index in [0.717, 1.165) is 35.4 Å². The molecule has 0 fully saturated rings. The molecule has 0 aliphatic rings. The second kappa shape index (κ2) is 9.11. The summed E-state index contributed by atoms with van der Waals surface area (Å²) in [5, 5.41) is 9.41. The fourth-order valence-electron chi connectivity index (χ4n) is 2.75. The summed E-state index contributed by atoms with van der Waals surface area (Å²) < 4.78 is 0. The molecule has 0 bridgehead atoms. The maximum Gasteiger partial charge on any atom is 0.228 e. The van der Waals surface area contributed by atoms with E-state index in [2.05, 4.69) is 25.2 Å². The number of aryl methyl sites for hydroxylation is 1. The molecule has 5 heteroatoms. The molecule has 0 saturated heterocycles. The molecule has 0 spiro atoms. The van der Waals surface area contributed by atoms with Crippen LogP contribution in [0.3, 0.4) is 0 Å². The predicted octanol–water partition coefficient (Wildman–Crippen LogP) is 5.00. The SMILES string of the molecule is CCCc1c(CC)cc(NC(=O)Cc2ccccc2Cl)cc1SN. The summed E-state index contributed by atoms with van der Waals surface area (Å²) in [5.41, 5.74) is 4.14. The molecule has 3 N–H and O–H groups in total. The Bertz CT molecular complexity index is 693. The third kappa shape index (κ3) is 4.76. The Hall–Kier alpha value is -1.49. The van der Waals surface area contributed by atoms with E-state index in [4.69, 9.17) is 16.7 Å². The van der Waals surface area contributed by atoms with E-state index in [1.54, 1.807) is 6.07 Å². The van der Waals surface area contributed by atoms with Gasteiger partial charge in [-0.25, -0.2) is 0 Å². The van der Waals surface area contributed by atoms with Crippen molar-refractivity contribution in [2.75, 3.05) is 5.32 Å². The number of nitrogens with one attached hydrogen (secondary N) is 1. The van der Waals surface area contributed by atoms with Gasteiger partial charge in [0.05, 0.1) is 6.42 Å². The predicted molar refractivity (Wildman–Crippen MR) is 104 cm³/mol. The van der Waals surface area contributed by atoms with E-state index in [9.17, 15) is 4.79 Å². The van der Waals surface area contributed by atoms with E-state index in [0.29, 0.717) is 5.02 Å². The van der Waals surface area contributed by atoms with E-state index >= 15 is 0 Å². The number of anilines is 1. The summed E-state index contributed by atoms with van der Waals surface area (Å²) in [4.78, 5) is 13.4. The number of carbonyl (C=O) groups excluding carboxylic acids is 1. The van der Waals surface area contributed by atoms with Crippen LogP contribution in [0, 0.1) is 0 Å². The normalized spacial score (nSPS) is 10.7. The lowest BCUT2D eigenvalue weighted by atomic mass is 10.00. The number of rotatable bonds is 7. The minimum absolute atomic E-state index is 0.0821. The number of hydrogen-bond acceptors (Lipinski definition) is 3. The molecule has 0 aromatic heterocycles. The summed E-state index contributed by atoms with van der Waals surface area (Å²) >= 11 is 7.36. The van der Waals surface area contributed by atoms with Crippen molar-refractivity contribution in [3.63, 3.8) is 0 Å². The molecule has 0 unspecified atom stereocenters. The Kier molecular flexibility index (Phi) is 7.16. The van der Waals surface area contributed by atoms with E-state index in [1.807, 2.05) is 24.3 Å². The molecular formula is C19H23ClN2OS. The standard InChI is InChI=1S/C19H23ClN2OS/c1-3-7-16-13(4-2)10-15(12-18(16)24-21)22-19(23)11-14-8-5-6-9-17(14)20/h5-6,8-10,12H,3-4,7,11,21H2,1-2H3,(H,22,23). The van der Waals surface area contributed by atoms with Crippen molar-refractivity contribution in [3.05, 3.63) is 58.1 Å². The highest BCUT2D eigenvalue weighted by Gasteiger charge is 2.12. The molecule has 0 atom stereocenters. The first-order valence-electron chi connectivity index (χ1n) is 8.14. The van der Waals surface area contributed by atoms with Crippen LogP contribution in [0.2, 0.25) is 5.02 Å². The fourth-order valence-corrected chi connectivity index (χ4v) is 3.52. The first kappa shape index (κ1) is 18.8. The molecule has 0 aliphatic carbocycles. The topological polar surface area (TPSA) is 55.1 Å². The molecule has 1 amide bonds. The van der Waals surface area contributed by atoms with Crippen LogP contribution in [0.4, 0.5) is 5.69 Å². The largest absolute Gasteiger partial charge is 0.326 e. The lowest BCUT2D eigenvalue weighted by molar-refractivity contribution is -0.115. The highest BCUT2D eigenvalue weighted by atomic mass is 35.5. The van der Waals surface area contributed by atoms with Gasteiger partial charge in [0.2, 0.25) is 5.91 Å². The number of carbonyl (C=O) groups is 1. The number of amides is 1. The molecule has 2 aromatic carbocycles. The smallest absolute Gasteiger partial charge is 0.228 e. The van der Waals surface area contributed by atoms with Crippen molar-refractivity contribution in [1.29, 1.82) is 0 Å². The van der Waals surface area contributed by atoms with Crippen molar-refractivity contribution >= 4 is 35.1 Å². The summed E-state index contributed by atoms with van der Waals surface area (Å²) in [7, 11) is 0. The molecule has 24 heavy (non-hydrogen) atoms. The highest BCUT2D eigenvalue weighted by molar-refractivity contribution is 7.97. The average Bonchev–Trinajstić information content (AvgIpc) is 2.58. The van der Waals surface area contributed by atoms with E-state index in [1.165, 1.54) is 23.1 Å². The zero-order valence-electron chi connectivity index (χ0n) is 14.1. The Morgan fingerprint density at radius 2 is 1.96 bits per heavy atom. The highest BCUT2D eigenvalue weighted by Crippen LogP contribution is 2.29. The van der Waals surface area contributed by atoms with Crippen molar-refractivity contribution in [2.24, 2.45) is 5.14 Å². The Labute approximate surface area is 153 Å². The van der Waals surface area contributed by atoms with Crippen molar-refractivity contribution in [2.45, 2.75) is 44.4 Å². The molecule has 128 valence electrons. The van der Waals surface area contributed by atoms with Crippen LogP contribution in [0.15, 0.2) is 41.3 Å². The summed E-state index contributed by atoms with van der Waals surface area (Å²) in [6, 6.07) is 11.4. The minimum Gasteiger partial charge on any atom is -0.326 e. The van der Waals surface area contributed by atoms with Crippen LogP contribution in [0.1, 0.15) is 37.0 Å². The lowest BCUT2D eigenvalue weighted by Gasteiger charge is -2.15.